The molecule has 0 heterocycles. The van der Waals surface area contributed by atoms with Crippen LogP contribution in [0.25, 0.3) is 0 Å². The molecule has 0 aromatic heterocycles. The topological polar surface area (TPSA) is 55.1 Å². The third-order valence-electron chi connectivity index (χ3n) is 1.01. The predicted molar refractivity (Wildman–Crippen MR) is 41.9 cm³/mol. The summed E-state index contributed by atoms with van der Waals surface area (Å²) in [7, 11) is -1.78. The van der Waals surface area contributed by atoms with Crippen molar-refractivity contribution in [2.24, 2.45) is 5.50 Å². The number of nitrogens with two attached hydrogens (primary N) is 1. The van der Waals surface area contributed by atoms with Crippen LogP contribution in [0.15, 0.2) is 30.3 Å². The summed E-state index contributed by atoms with van der Waals surface area (Å²) in [5.41, 5.74) is 5.81. The molecule has 1 unspecified atom stereocenters. The number of hydrogen-bond donors (Lipinski definition) is 2. The monoisotopic (exact) mass is 155 g/mol. The zero-order valence-corrected chi connectivity index (χ0v) is 6.21. The van der Waals surface area contributed by atoms with Crippen LogP contribution >= 0.6 is 8.10 Å². The molecule has 0 amide bonds. The van der Waals surface area contributed by atoms with E-state index in [1.165, 1.54) is 0 Å². The van der Waals surface area contributed by atoms with Crippen molar-refractivity contribution in [1.29, 1.82) is 0 Å². The van der Waals surface area contributed by atoms with Gasteiger partial charge in [0.2, 0.25) is 0 Å². The van der Waals surface area contributed by atoms with Gasteiger partial charge in [-0.2, -0.15) is 5.09 Å². The standard InChI is InChI=1S/C6H8N2OP/c7-10(9)8-6-4-2-1-3-5-6/h1-5H,(H3,7,8,9)/q+1. The van der Waals surface area contributed by atoms with Gasteiger partial charge in [-0.25, -0.2) is 0 Å². The maximum atomic E-state index is 10.4. The Bertz CT molecular complexity index is 224. The average Bonchev–Trinajstić information content (AvgIpc) is 1.88. The zero-order chi connectivity index (χ0) is 7.40. The van der Waals surface area contributed by atoms with Gasteiger partial charge in [-0.3, -0.25) is 0 Å². The molecule has 3 nitrogen and oxygen atoms in total. The Balaban J connectivity index is 2.67. The minimum absolute atomic E-state index is 0.783. The first-order valence-corrected chi connectivity index (χ1v) is 4.15. The van der Waals surface area contributed by atoms with Crippen molar-refractivity contribution >= 4 is 13.8 Å². The highest BCUT2D eigenvalue weighted by molar-refractivity contribution is 7.43. The van der Waals surface area contributed by atoms with Crippen molar-refractivity contribution in [3.8, 4) is 0 Å². The number of para-hydroxylation sites is 1. The first-order chi connectivity index (χ1) is 4.79. The van der Waals surface area contributed by atoms with E-state index in [-0.39, 0.29) is 0 Å². The van der Waals surface area contributed by atoms with Gasteiger partial charge in [0, 0.05) is 0 Å². The lowest BCUT2D eigenvalue weighted by Crippen LogP contribution is -1.91. The normalized spacial score (nSPS) is 10.7. The fourth-order valence-corrected chi connectivity index (χ4v) is 1.04. The Morgan fingerprint density at radius 2 is 1.90 bits per heavy atom. The molecule has 0 radical (unpaired) electrons. The van der Waals surface area contributed by atoms with Crippen molar-refractivity contribution in [2.75, 3.05) is 5.09 Å². The van der Waals surface area contributed by atoms with E-state index in [1.807, 2.05) is 18.2 Å². The lowest BCUT2D eigenvalue weighted by Gasteiger charge is -1.89. The minimum atomic E-state index is -1.78. The van der Waals surface area contributed by atoms with Crippen LogP contribution in [0.1, 0.15) is 0 Å². The second kappa shape index (κ2) is 3.30. The van der Waals surface area contributed by atoms with Gasteiger partial charge in [0.1, 0.15) is 0 Å². The van der Waals surface area contributed by atoms with Crippen LogP contribution in [-0.2, 0) is 4.57 Å². The molecule has 52 valence electrons. The molecule has 0 aliphatic heterocycles. The molecule has 4 heteroatoms. The van der Waals surface area contributed by atoms with E-state index < -0.39 is 8.10 Å². The number of nitrogens with one attached hydrogen (secondary N) is 1. The Morgan fingerprint density at radius 3 is 2.40 bits per heavy atom. The van der Waals surface area contributed by atoms with Gasteiger partial charge < -0.3 is 0 Å². The lowest BCUT2D eigenvalue weighted by atomic mass is 10.3. The van der Waals surface area contributed by atoms with Crippen molar-refractivity contribution in [3.63, 3.8) is 0 Å². The largest absolute Gasteiger partial charge is 0.558 e. The van der Waals surface area contributed by atoms with E-state index in [1.54, 1.807) is 12.1 Å². The average molecular weight is 155 g/mol. The number of hydrogen-bond acceptors (Lipinski definition) is 1. The number of rotatable bonds is 2. The van der Waals surface area contributed by atoms with Crippen LogP contribution in [-0.4, -0.2) is 0 Å². The fourth-order valence-electron chi connectivity index (χ4n) is 0.640. The van der Waals surface area contributed by atoms with Crippen molar-refractivity contribution in [1.82, 2.24) is 0 Å². The summed E-state index contributed by atoms with van der Waals surface area (Å²) >= 11 is 0. The van der Waals surface area contributed by atoms with Gasteiger partial charge >= 0.3 is 8.10 Å². The molecule has 1 aromatic carbocycles. The summed E-state index contributed by atoms with van der Waals surface area (Å²) in [6, 6.07) is 9.19. The highest BCUT2D eigenvalue weighted by Gasteiger charge is 2.04. The van der Waals surface area contributed by atoms with Gasteiger partial charge in [-0.05, 0) is 16.7 Å². The SMILES string of the molecule is N[P+](=O)Nc1ccccc1. The quantitative estimate of drug-likeness (QED) is 0.639. The first-order valence-electron chi connectivity index (χ1n) is 2.83. The van der Waals surface area contributed by atoms with Crippen molar-refractivity contribution in [2.45, 2.75) is 0 Å². The van der Waals surface area contributed by atoms with E-state index >= 15 is 0 Å². The Morgan fingerprint density at radius 1 is 1.30 bits per heavy atom. The van der Waals surface area contributed by atoms with Gasteiger partial charge in [0.25, 0.3) is 0 Å². The summed E-state index contributed by atoms with van der Waals surface area (Å²) in [5.74, 6) is 0. The smallest absolute Gasteiger partial charge is 0.162 e. The summed E-state index contributed by atoms with van der Waals surface area (Å²) in [6.07, 6.45) is 0. The van der Waals surface area contributed by atoms with E-state index in [2.05, 4.69) is 5.09 Å². The Hall–Kier alpha value is -0.920. The zero-order valence-electron chi connectivity index (χ0n) is 5.32. The summed E-state index contributed by atoms with van der Waals surface area (Å²) in [6.45, 7) is 0. The molecule has 1 atom stereocenters. The molecule has 10 heavy (non-hydrogen) atoms. The van der Waals surface area contributed by atoms with Gasteiger partial charge in [-0.15, -0.1) is 0 Å². The molecule has 0 aliphatic carbocycles. The third kappa shape index (κ3) is 2.13. The molecular formula is C6H8N2OP+. The van der Waals surface area contributed by atoms with Crippen LogP contribution in [0, 0.1) is 0 Å². The van der Waals surface area contributed by atoms with Crippen molar-refractivity contribution in [3.05, 3.63) is 30.3 Å². The predicted octanol–water partition coefficient (Wildman–Crippen LogP) is 1.71. The molecule has 0 saturated carbocycles. The third-order valence-corrected chi connectivity index (χ3v) is 1.49. The van der Waals surface area contributed by atoms with Gasteiger partial charge in [0.15, 0.2) is 0 Å². The van der Waals surface area contributed by atoms with Crippen molar-refractivity contribution < 1.29 is 4.57 Å². The Kier molecular flexibility index (Phi) is 2.37. The summed E-state index contributed by atoms with van der Waals surface area (Å²) in [5, 5.41) is 2.59. The van der Waals surface area contributed by atoms with Crippen LogP contribution in [0.5, 0.6) is 0 Å². The van der Waals surface area contributed by atoms with Crippen LogP contribution in [0.2, 0.25) is 0 Å². The lowest BCUT2D eigenvalue weighted by molar-refractivity contribution is 0.591. The minimum Gasteiger partial charge on any atom is -0.162 e. The molecular weight excluding hydrogens is 147 g/mol. The molecule has 0 spiro atoms. The first kappa shape index (κ1) is 7.19. The highest BCUT2D eigenvalue weighted by Crippen LogP contribution is 2.14. The van der Waals surface area contributed by atoms with E-state index in [0.717, 1.165) is 5.69 Å². The summed E-state index contributed by atoms with van der Waals surface area (Å²) in [4.78, 5) is 0. The molecule has 0 bridgehead atoms. The molecule has 0 aliphatic rings. The molecule has 1 rings (SSSR count). The maximum Gasteiger partial charge on any atom is 0.558 e. The number of benzene rings is 1. The van der Waals surface area contributed by atoms with E-state index in [9.17, 15) is 4.57 Å². The molecule has 1 aromatic rings. The second-order valence-electron chi connectivity index (χ2n) is 1.80. The summed E-state index contributed by atoms with van der Waals surface area (Å²) < 4.78 is 10.4. The van der Waals surface area contributed by atoms with Gasteiger partial charge in [0.05, 0.1) is 5.69 Å². The molecule has 0 fully saturated rings. The van der Waals surface area contributed by atoms with Gasteiger partial charge in [-0.1, -0.05) is 23.7 Å². The Labute approximate surface area is 60.1 Å². The van der Waals surface area contributed by atoms with Crippen LogP contribution in [0.4, 0.5) is 5.69 Å². The maximum absolute atomic E-state index is 10.4. The molecule has 3 N–H and O–H groups in total. The van der Waals surface area contributed by atoms with E-state index in [0.29, 0.717) is 0 Å². The fraction of sp³-hybridized carbons (Fsp3) is 0. The second-order valence-corrected chi connectivity index (χ2v) is 2.68. The highest BCUT2D eigenvalue weighted by atomic mass is 31.1. The number of anilines is 1. The molecule has 0 saturated heterocycles. The van der Waals surface area contributed by atoms with Crippen LogP contribution < -0.4 is 10.6 Å². The van der Waals surface area contributed by atoms with E-state index in [4.69, 9.17) is 5.50 Å². The van der Waals surface area contributed by atoms with Crippen LogP contribution in [0.3, 0.4) is 0 Å².